The Bertz CT molecular complexity index is 285. The highest BCUT2D eigenvalue weighted by Crippen LogP contribution is 2.13. The topological polar surface area (TPSA) is 36.9 Å². The summed E-state index contributed by atoms with van der Waals surface area (Å²) >= 11 is 0. The second-order valence-electron chi connectivity index (χ2n) is 3.50. The van der Waals surface area contributed by atoms with Crippen molar-refractivity contribution in [3.05, 3.63) is 30.3 Å². The van der Waals surface area contributed by atoms with Crippen molar-refractivity contribution >= 4 is 0 Å². The van der Waals surface area contributed by atoms with E-state index in [2.05, 4.69) is 0 Å². The monoisotopic (exact) mass is 240 g/mol. The lowest BCUT2D eigenvalue weighted by molar-refractivity contribution is -0.180. The van der Waals surface area contributed by atoms with E-state index < -0.39 is 0 Å². The highest BCUT2D eigenvalue weighted by Gasteiger charge is 2.12. The second-order valence-corrected chi connectivity index (χ2v) is 3.50. The standard InChI is InChI=1S/C13H20O4/c1-4-12(16-10-13(14-2)15-3)17-11-8-6-5-7-9-11/h5-9,12-13H,4,10H2,1-3H3. The number of hydrogen-bond acceptors (Lipinski definition) is 4. The SMILES string of the molecule is CCC(OCC(OC)OC)Oc1ccccc1. The molecule has 0 heterocycles. The van der Waals surface area contributed by atoms with E-state index in [0.717, 1.165) is 12.2 Å². The Kier molecular flexibility index (Phi) is 6.62. The van der Waals surface area contributed by atoms with Crippen molar-refractivity contribution in [3.8, 4) is 5.75 Å². The Morgan fingerprint density at radius 2 is 1.65 bits per heavy atom. The summed E-state index contributed by atoms with van der Waals surface area (Å²) in [6.45, 7) is 2.35. The molecule has 96 valence electrons. The van der Waals surface area contributed by atoms with Gasteiger partial charge in [-0.15, -0.1) is 0 Å². The maximum Gasteiger partial charge on any atom is 0.199 e. The summed E-state index contributed by atoms with van der Waals surface area (Å²) in [7, 11) is 3.16. The lowest BCUT2D eigenvalue weighted by atomic mass is 10.3. The molecule has 0 fully saturated rings. The van der Waals surface area contributed by atoms with Crippen molar-refractivity contribution < 1.29 is 18.9 Å². The summed E-state index contributed by atoms with van der Waals surface area (Å²) < 4.78 is 21.3. The summed E-state index contributed by atoms with van der Waals surface area (Å²) in [4.78, 5) is 0. The Hall–Kier alpha value is -1.10. The van der Waals surface area contributed by atoms with Gasteiger partial charge in [-0.2, -0.15) is 0 Å². The average Bonchev–Trinajstić information content (AvgIpc) is 2.39. The highest BCUT2D eigenvalue weighted by molar-refractivity contribution is 5.20. The smallest absolute Gasteiger partial charge is 0.199 e. The summed E-state index contributed by atoms with van der Waals surface area (Å²) in [6, 6.07) is 9.59. The molecule has 0 aliphatic rings. The molecule has 1 aromatic rings. The van der Waals surface area contributed by atoms with Gasteiger partial charge in [0.1, 0.15) is 12.4 Å². The summed E-state index contributed by atoms with van der Waals surface area (Å²) in [5, 5.41) is 0. The number of ether oxygens (including phenoxy) is 4. The van der Waals surface area contributed by atoms with Crippen LogP contribution >= 0.6 is 0 Å². The highest BCUT2D eigenvalue weighted by atomic mass is 16.7. The number of rotatable bonds is 8. The second kappa shape index (κ2) is 8.06. The van der Waals surface area contributed by atoms with Gasteiger partial charge < -0.3 is 18.9 Å². The van der Waals surface area contributed by atoms with Crippen LogP contribution in [0.5, 0.6) is 5.75 Å². The third-order valence-corrected chi connectivity index (χ3v) is 2.29. The molecule has 17 heavy (non-hydrogen) atoms. The van der Waals surface area contributed by atoms with Crippen molar-refractivity contribution in [3.63, 3.8) is 0 Å². The van der Waals surface area contributed by atoms with Crippen LogP contribution in [0, 0.1) is 0 Å². The van der Waals surface area contributed by atoms with Gasteiger partial charge in [0.05, 0.1) is 0 Å². The molecule has 0 bridgehead atoms. The molecule has 0 N–H and O–H groups in total. The van der Waals surface area contributed by atoms with Crippen molar-refractivity contribution in [2.24, 2.45) is 0 Å². The van der Waals surface area contributed by atoms with Gasteiger partial charge in [0.25, 0.3) is 0 Å². The zero-order chi connectivity index (χ0) is 12.5. The fourth-order valence-electron chi connectivity index (χ4n) is 1.30. The lowest BCUT2D eigenvalue weighted by Crippen LogP contribution is -2.27. The molecule has 1 rings (SSSR count). The number of hydrogen-bond donors (Lipinski definition) is 0. The molecule has 4 heteroatoms. The summed E-state index contributed by atoms with van der Waals surface area (Å²) in [5.74, 6) is 0.797. The Morgan fingerprint density at radius 3 is 2.18 bits per heavy atom. The molecular formula is C13H20O4. The fourth-order valence-corrected chi connectivity index (χ4v) is 1.30. The van der Waals surface area contributed by atoms with E-state index in [1.165, 1.54) is 0 Å². The minimum absolute atomic E-state index is 0.287. The molecule has 0 amide bonds. The molecule has 0 aliphatic carbocycles. The van der Waals surface area contributed by atoms with Crippen LogP contribution < -0.4 is 4.74 Å². The van der Waals surface area contributed by atoms with Gasteiger partial charge in [0, 0.05) is 20.6 Å². The maximum atomic E-state index is 5.67. The molecule has 1 aromatic carbocycles. The first-order valence-electron chi connectivity index (χ1n) is 5.69. The van der Waals surface area contributed by atoms with Crippen molar-refractivity contribution in [1.82, 2.24) is 0 Å². The predicted molar refractivity (Wildman–Crippen MR) is 64.9 cm³/mol. The van der Waals surface area contributed by atoms with Crippen molar-refractivity contribution in [2.75, 3.05) is 20.8 Å². The molecule has 4 nitrogen and oxygen atoms in total. The quantitative estimate of drug-likeness (QED) is 0.654. The van der Waals surface area contributed by atoms with Gasteiger partial charge in [0.2, 0.25) is 0 Å². The van der Waals surface area contributed by atoms with Gasteiger partial charge in [-0.3, -0.25) is 0 Å². The van der Waals surface area contributed by atoms with E-state index >= 15 is 0 Å². The summed E-state index contributed by atoms with van der Waals surface area (Å²) in [5.41, 5.74) is 0. The molecule has 0 saturated heterocycles. The van der Waals surface area contributed by atoms with Crippen LogP contribution in [-0.4, -0.2) is 33.4 Å². The first kappa shape index (κ1) is 14.0. The molecule has 1 atom stereocenters. The Morgan fingerprint density at radius 1 is 1.00 bits per heavy atom. The van der Waals surface area contributed by atoms with Gasteiger partial charge in [-0.05, 0) is 12.1 Å². The Labute approximate surface area is 102 Å². The number of methoxy groups -OCH3 is 2. The molecule has 0 spiro atoms. The van der Waals surface area contributed by atoms with Gasteiger partial charge in [0.15, 0.2) is 12.6 Å². The Balaban J connectivity index is 2.38. The first-order valence-corrected chi connectivity index (χ1v) is 5.69. The van der Waals surface area contributed by atoms with Crippen molar-refractivity contribution in [1.29, 1.82) is 0 Å². The minimum Gasteiger partial charge on any atom is -0.465 e. The van der Waals surface area contributed by atoms with Crippen LogP contribution in [0.2, 0.25) is 0 Å². The molecular weight excluding hydrogens is 220 g/mol. The van der Waals surface area contributed by atoms with E-state index in [0.29, 0.717) is 6.61 Å². The lowest BCUT2D eigenvalue weighted by Gasteiger charge is -2.20. The molecule has 0 saturated carbocycles. The molecule has 0 aromatic heterocycles. The number of para-hydroxylation sites is 1. The van der Waals surface area contributed by atoms with Crippen molar-refractivity contribution in [2.45, 2.75) is 25.9 Å². The van der Waals surface area contributed by atoms with Gasteiger partial charge >= 0.3 is 0 Å². The maximum absolute atomic E-state index is 5.67. The molecule has 0 aliphatic heterocycles. The van der Waals surface area contributed by atoms with E-state index in [-0.39, 0.29) is 12.6 Å². The average molecular weight is 240 g/mol. The van der Waals surface area contributed by atoms with Gasteiger partial charge in [-0.1, -0.05) is 25.1 Å². The zero-order valence-corrected chi connectivity index (χ0v) is 10.6. The fraction of sp³-hybridized carbons (Fsp3) is 0.538. The minimum atomic E-state index is -0.358. The predicted octanol–water partition coefficient (Wildman–Crippen LogP) is 2.44. The first-order chi connectivity index (χ1) is 8.30. The van der Waals surface area contributed by atoms with E-state index in [1.807, 2.05) is 37.3 Å². The van der Waals surface area contributed by atoms with Crippen LogP contribution in [0.25, 0.3) is 0 Å². The van der Waals surface area contributed by atoms with Crippen LogP contribution in [0.15, 0.2) is 30.3 Å². The number of benzene rings is 1. The molecule has 1 unspecified atom stereocenters. The van der Waals surface area contributed by atoms with Crippen LogP contribution in [0.1, 0.15) is 13.3 Å². The van der Waals surface area contributed by atoms with Crippen LogP contribution in [0.3, 0.4) is 0 Å². The summed E-state index contributed by atoms with van der Waals surface area (Å²) in [6.07, 6.45) is 0.114. The normalized spacial score (nSPS) is 12.7. The van der Waals surface area contributed by atoms with E-state index in [9.17, 15) is 0 Å². The van der Waals surface area contributed by atoms with Crippen LogP contribution in [-0.2, 0) is 14.2 Å². The van der Waals surface area contributed by atoms with Crippen LogP contribution in [0.4, 0.5) is 0 Å². The third-order valence-electron chi connectivity index (χ3n) is 2.29. The van der Waals surface area contributed by atoms with E-state index in [4.69, 9.17) is 18.9 Å². The molecule has 0 radical (unpaired) electrons. The van der Waals surface area contributed by atoms with E-state index in [1.54, 1.807) is 14.2 Å². The third kappa shape index (κ3) is 5.17. The zero-order valence-electron chi connectivity index (χ0n) is 10.6. The van der Waals surface area contributed by atoms with Gasteiger partial charge in [-0.25, -0.2) is 0 Å². The largest absolute Gasteiger partial charge is 0.465 e.